The van der Waals surface area contributed by atoms with Crippen LogP contribution in [-0.4, -0.2) is 77.6 Å². The number of piperidine rings is 1. The maximum absolute atomic E-state index is 13.6. The normalized spacial score (nSPS) is 15.8. The van der Waals surface area contributed by atoms with Crippen molar-refractivity contribution in [2.45, 2.75) is 35.1 Å². The lowest BCUT2D eigenvalue weighted by molar-refractivity contribution is 0.313. The molecule has 12 nitrogen and oxygen atoms in total. The zero-order chi connectivity index (χ0) is 27.9. The first-order valence-electron chi connectivity index (χ1n) is 12.1. The minimum Gasteiger partial charge on any atom is -0.308 e. The number of hydrogen-bond donors (Lipinski definition) is 1. The van der Waals surface area contributed by atoms with Gasteiger partial charge in [0.2, 0.25) is 20.0 Å². The van der Waals surface area contributed by atoms with E-state index < -0.39 is 25.6 Å². The fourth-order valence-electron chi connectivity index (χ4n) is 4.50. The molecule has 0 saturated carbocycles. The van der Waals surface area contributed by atoms with Crippen LogP contribution in [0.15, 0.2) is 63.1 Å². The van der Waals surface area contributed by atoms with Crippen LogP contribution in [0.1, 0.15) is 30.1 Å². The summed E-state index contributed by atoms with van der Waals surface area (Å²) in [6.45, 7) is 0.552. The Morgan fingerprint density at radius 3 is 2.33 bits per heavy atom. The summed E-state index contributed by atoms with van der Waals surface area (Å²) in [4.78, 5) is 20.0. The van der Waals surface area contributed by atoms with Crippen molar-refractivity contribution in [2.75, 3.05) is 27.2 Å². The highest BCUT2D eigenvalue weighted by Gasteiger charge is 2.32. The topological polar surface area (TPSA) is 151 Å². The van der Waals surface area contributed by atoms with Crippen LogP contribution in [-0.2, 0) is 26.6 Å². The van der Waals surface area contributed by atoms with Gasteiger partial charge in [-0.2, -0.15) is 4.31 Å². The lowest BCUT2D eigenvalue weighted by Gasteiger charge is -2.30. The van der Waals surface area contributed by atoms with E-state index in [1.165, 1.54) is 59.5 Å². The largest absolute Gasteiger partial charge is 0.308 e. The molecule has 39 heavy (non-hydrogen) atoms. The second-order valence-corrected chi connectivity index (χ2v) is 13.5. The van der Waals surface area contributed by atoms with E-state index in [0.717, 1.165) is 4.31 Å². The van der Waals surface area contributed by atoms with E-state index >= 15 is 0 Å². The van der Waals surface area contributed by atoms with Gasteiger partial charge in [0.25, 0.3) is 5.56 Å². The van der Waals surface area contributed by atoms with Crippen LogP contribution in [0.3, 0.4) is 0 Å². The van der Waals surface area contributed by atoms with Crippen molar-refractivity contribution >= 4 is 31.2 Å². The summed E-state index contributed by atoms with van der Waals surface area (Å²) in [6, 6.07) is 11.1. The fraction of sp³-hybridized carbons (Fsp3) is 0.333. The predicted molar refractivity (Wildman–Crippen MR) is 139 cm³/mol. The smallest absolute Gasteiger partial charge is 0.281 e. The standard InChI is InChI=1S/C24H26FN7O5S2/c1-30(2)38(34,35)19-6-8-20(9-7-19)39(36,37)31-12-10-17(11-13-31)22-26-23-21(24(33)27-22)28-29-32(23)15-16-4-3-5-18(25)14-16/h3-9,14,17H,10-13,15H2,1-2H3,(H,26,27,33). The minimum atomic E-state index is -3.85. The zero-order valence-corrected chi connectivity index (χ0v) is 22.8. The quantitative estimate of drug-likeness (QED) is 0.348. The van der Waals surface area contributed by atoms with Gasteiger partial charge in [0.05, 0.1) is 16.3 Å². The van der Waals surface area contributed by atoms with Crippen LogP contribution in [0.4, 0.5) is 4.39 Å². The molecule has 1 saturated heterocycles. The number of sulfonamides is 2. The molecule has 0 atom stereocenters. The first-order chi connectivity index (χ1) is 18.5. The molecule has 4 aromatic rings. The molecule has 0 radical (unpaired) electrons. The number of H-pyrrole nitrogens is 1. The molecule has 3 heterocycles. The van der Waals surface area contributed by atoms with Crippen LogP contribution < -0.4 is 5.56 Å². The molecule has 5 rings (SSSR count). The lowest BCUT2D eigenvalue weighted by atomic mass is 9.97. The van der Waals surface area contributed by atoms with Crippen LogP contribution >= 0.6 is 0 Å². The number of rotatable bonds is 7. The van der Waals surface area contributed by atoms with E-state index in [0.29, 0.717) is 24.2 Å². The summed E-state index contributed by atoms with van der Waals surface area (Å²) in [7, 11) is -4.73. The van der Waals surface area contributed by atoms with Crippen molar-refractivity contribution in [3.8, 4) is 0 Å². The van der Waals surface area contributed by atoms with Crippen molar-refractivity contribution in [3.63, 3.8) is 0 Å². The Labute approximate surface area is 224 Å². The van der Waals surface area contributed by atoms with Gasteiger partial charge in [-0.3, -0.25) is 4.79 Å². The van der Waals surface area contributed by atoms with Crippen molar-refractivity contribution in [1.29, 1.82) is 0 Å². The number of aromatic amines is 1. The Hall–Kier alpha value is -3.53. The van der Waals surface area contributed by atoms with E-state index in [1.807, 2.05) is 0 Å². The molecule has 0 unspecified atom stereocenters. The molecule has 0 spiro atoms. The second-order valence-electron chi connectivity index (χ2n) is 9.44. The molecule has 2 aromatic carbocycles. The molecule has 206 valence electrons. The maximum Gasteiger partial charge on any atom is 0.281 e. The lowest BCUT2D eigenvalue weighted by Crippen LogP contribution is -2.38. The van der Waals surface area contributed by atoms with Gasteiger partial charge in [-0.1, -0.05) is 17.3 Å². The Bertz CT molecular complexity index is 1790. The number of halogens is 1. The third kappa shape index (κ3) is 5.22. The Kier molecular flexibility index (Phi) is 7.09. The van der Waals surface area contributed by atoms with Gasteiger partial charge in [0.15, 0.2) is 11.2 Å². The fourth-order valence-corrected chi connectivity index (χ4v) is 6.88. The number of fused-ring (bicyclic) bond motifs is 1. The van der Waals surface area contributed by atoms with Gasteiger partial charge in [-0.05, 0) is 54.8 Å². The van der Waals surface area contributed by atoms with Crippen LogP contribution in [0.25, 0.3) is 11.2 Å². The Morgan fingerprint density at radius 2 is 1.69 bits per heavy atom. The van der Waals surface area contributed by atoms with Gasteiger partial charge in [-0.15, -0.1) is 5.10 Å². The highest BCUT2D eigenvalue weighted by atomic mass is 32.2. The summed E-state index contributed by atoms with van der Waals surface area (Å²) < 4.78 is 68.4. The molecule has 0 bridgehead atoms. The van der Waals surface area contributed by atoms with Crippen molar-refractivity contribution < 1.29 is 21.2 Å². The molecule has 0 aliphatic carbocycles. The van der Waals surface area contributed by atoms with Crippen molar-refractivity contribution in [3.05, 3.63) is 76.1 Å². The van der Waals surface area contributed by atoms with Gasteiger partial charge < -0.3 is 4.98 Å². The number of hydrogen-bond acceptors (Lipinski definition) is 8. The average Bonchev–Trinajstić information content (AvgIpc) is 3.32. The first kappa shape index (κ1) is 27.1. The van der Waals surface area contributed by atoms with Gasteiger partial charge in [0.1, 0.15) is 11.6 Å². The van der Waals surface area contributed by atoms with E-state index in [9.17, 15) is 26.0 Å². The van der Waals surface area contributed by atoms with Crippen LogP contribution in [0, 0.1) is 5.82 Å². The number of benzene rings is 2. The van der Waals surface area contributed by atoms with E-state index in [1.54, 1.807) is 12.1 Å². The van der Waals surface area contributed by atoms with E-state index in [4.69, 9.17) is 0 Å². The van der Waals surface area contributed by atoms with E-state index in [2.05, 4.69) is 20.3 Å². The van der Waals surface area contributed by atoms with Crippen molar-refractivity contribution in [2.24, 2.45) is 0 Å². The average molecular weight is 576 g/mol. The SMILES string of the molecule is CN(C)S(=O)(=O)c1ccc(S(=O)(=O)N2CCC(c3nc4c(nnn4Cc4cccc(F)c4)c(=O)[nH]3)CC2)cc1. The molecule has 2 aromatic heterocycles. The third-order valence-corrected chi connectivity index (χ3v) is 10.4. The zero-order valence-electron chi connectivity index (χ0n) is 21.2. The number of nitrogens with zero attached hydrogens (tertiary/aromatic N) is 6. The van der Waals surface area contributed by atoms with Crippen molar-refractivity contribution in [1.82, 2.24) is 33.6 Å². The summed E-state index contributed by atoms with van der Waals surface area (Å²) >= 11 is 0. The molecule has 0 amide bonds. The van der Waals surface area contributed by atoms with Gasteiger partial charge in [0, 0.05) is 33.1 Å². The summed E-state index contributed by atoms with van der Waals surface area (Å²) in [5.74, 6) is -0.191. The van der Waals surface area contributed by atoms with Crippen LogP contribution in [0.2, 0.25) is 0 Å². The molecule has 1 aliphatic heterocycles. The summed E-state index contributed by atoms with van der Waals surface area (Å²) in [6.07, 6.45) is 0.818. The van der Waals surface area contributed by atoms with Crippen LogP contribution in [0.5, 0.6) is 0 Å². The first-order valence-corrected chi connectivity index (χ1v) is 15.0. The molecule has 1 fully saturated rings. The molecular formula is C24H26FN7O5S2. The highest BCUT2D eigenvalue weighted by Crippen LogP contribution is 2.29. The monoisotopic (exact) mass is 575 g/mol. The maximum atomic E-state index is 13.6. The molecule has 1 aliphatic rings. The summed E-state index contributed by atoms with van der Waals surface area (Å²) in [5, 5.41) is 7.93. The summed E-state index contributed by atoms with van der Waals surface area (Å²) in [5.41, 5.74) is 0.510. The van der Waals surface area contributed by atoms with Gasteiger partial charge >= 0.3 is 0 Å². The molecule has 15 heteroatoms. The Morgan fingerprint density at radius 1 is 1.03 bits per heavy atom. The minimum absolute atomic E-state index is 0.000988. The number of nitrogens with one attached hydrogen (secondary N) is 1. The van der Waals surface area contributed by atoms with Gasteiger partial charge in [-0.25, -0.2) is 35.2 Å². The number of aromatic nitrogens is 5. The third-order valence-electron chi connectivity index (χ3n) is 6.69. The molecular weight excluding hydrogens is 549 g/mol. The second kappa shape index (κ2) is 10.2. The predicted octanol–water partition coefficient (Wildman–Crippen LogP) is 1.52. The Balaban J connectivity index is 1.33. The molecule has 1 N–H and O–H groups in total. The highest BCUT2D eigenvalue weighted by molar-refractivity contribution is 7.89. The van der Waals surface area contributed by atoms with E-state index in [-0.39, 0.29) is 52.3 Å².